The van der Waals surface area contributed by atoms with Gasteiger partial charge in [0.05, 0.1) is 5.39 Å². The fourth-order valence-corrected chi connectivity index (χ4v) is 2.29. The van der Waals surface area contributed by atoms with E-state index in [1.165, 1.54) is 16.3 Å². The van der Waals surface area contributed by atoms with Crippen LogP contribution < -0.4 is 13.9 Å². The lowest BCUT2D eigenvalue weighted by Crippen LogP contribution is -2.21. The Morgan fingerprint density at radius 1 is 1.04 bits per heavy atom. The van der Waals surface area contributed by atoms with Crippen molar-refractivity contribution in [3.63, 3.8) is 0 Å². The standard InChI is InChI=1S/C14H10NO2.CHF3O3S/c1-2-5-15-6-4-10-7-13-14(17-9-16-13)8-11(10)12(15)3-1;2-1(3,4)8(5,6)7/h1-8H,9H2;(H,5,6,7)/q+1;/p-1. The van der Waals surface area contributed by atoms with Crippen LogP contribution in [0.3, 0.4) is 0 Å². The smallest absolute Gasteiger partial charge is 0.485 e. The van der Waals surface area contributed by atoms with Crippen molar-refractivity contribution in [3.05, 3.63) is 48.8 Å². The molecule has 0 saturated heterocycles. The fourth-order valence-electron chi connectivity index (χ4n) is 2.29. The second-order valence-electron chi connectivity index (χ2n) is 5.00. The number of aromatic nitrogens is 1. The van der Waals surface area contributed by atoms with Gasteiger partial charge in [-0.05, 0) is 23.6 Å². The van der Waals surface area contributed by atoms with Gasteiger partial charge in [0.2, 0.25) is 12.3 Å². The van der Waals surface area contributed by atoms with Crippen molar-refractivity contribution in [2.75, 3.05) is 6.79 Å². The maximum Gasteiger partial charge on any atom is 0.485 e. The lowest BCUT2D eigenvalue weighted by atomic mass is 10.1. The van der Waals surface area contributed by atoms with E-state index in [0.717, 1.165) is 11.5 Å². The maximum absolute atomic E-state index is 10.7. The van der Waals surface area contributed by atoms with Crippen molar-refractivity contribution in [3.8, 4) is 11.5 Å². The van der Waals surface area contributed by atoms with Gasteiger partial charge in [-0.1, -0.05) is 0 Å². The van der Waals surface area contributed by atoms with Gasteiger partial charge in [-0.15, -0.1) is 0 Å². The number of hydrogen-bond acceptors (Lipinski definition) is 5. The monoisotopic (exact) mass is 373 g/mol. The molecular weight excluding hydrogens is 363 g/mol. The van der Waals surface area contributed by atoms with E-state index in [2.05, 4.69) is 22.7 Å². The summed E-state index contributed by atoms with van der Waals surface area (Å²) in [5.41, 5.74) is -4.48. The largest absolute Gasteiger partial charge is 0.741 e. The van der Waals surface area contributed by atoms with Crippen molar-refractivity contribution in [2.45, 2.75) is 5.51 Å². The first kappa shape index (κ1) is 17.2. The molecule has 132 valence electrons. The molecule has 1 aliphatic heterocycles. The highest BCUT2D eigenvalue weighted by atomic mass is 32.2. The highest BCUT2D eigenvalue weighted by Gasteiger charge is 2.36. The van der Waals surface area contributed by atoms with E-state index in [1.54, 1.807) is 0 Å². The molecule has 1 aromatic carbocycles. The van der Waals surface area contributed by atoms with Crippen LogP contribution in [0.1, 0.15) is 0 Å². The van der Waals surface area contributed by atoms with Crippen molar-refractivity contribution in [1.29, 1.82) is 0 Å². The van der Waals surface area contributed by atoms with Gasteiger partial charge in [0.15, 0.2) is 34.0 Å². The van der Waals surface area contributed by atoms with Crippen LogP contribution in [0.15, 0.2) is 48.8 Å². The zero-order chi connectivity index (χ0) is 18.2. The fraction of sp³-hybridized carbons (Fsp3) is 0.133. The van der Waals surface area contributed by atoms with Crippen molar-refractivity contribution in [2.24, 2.45) is 0 Å². The molecule has 25 heavy (non-hydrogen) atoms. The van der Waals surface area contributed by atoms with Crippen LogP contribution in [0, 0.1) is 0 Å². The Bertz CT molecular complexity index is 1050. The van der Waals surface area contributed by atoms with E-state index >= 15 is 0 Å². The molecule has 6 nitrogen and oxygen atoms in total. The molecule has 2 aromatic heterocycles. The van der Waals surface area contributed by atoms with Crippen LogP contribution in [-0.4, -0.2) is 25.3 Å². The Morgan fingerprint density at radius 2 is 1.68 bits per heavy atom. The molecule has 3 heterocycles. The molecular formula is C15H10F3NO5S. The average Bonchev–Trinajstić information content (AvgIpc) is 2.99. The lowest BCUT2D eigenvalue weighted by molar-refractivity contribution is -0.510. The Morgan fingerprint density at radius 3 is 2.32 bits per heavy atom. The number of benzene rings is 1. The Balaban J connectivity index is 0.000000197. The predicted octanol–water partition coefficient (Wildman–Crippen LogP) is 2.36. The second-order valence-corrected chi connectivity index (χ2v) is 6.37. The summed E-state index contributed by atoms with van der Waals surface area (Å²) in [6.07, 6.45) is 4.10. The summed E-state index contributed by atoms with van der Waals surface area (Å²) >= 11 is 0. The van der Waals surface area contributed by atoms with Gasteiger partial charge in [-0.3, -0.25) is 0 Å². The summed E-state index contributed by atoms with van der Waals surface area (Å²) in [6, 6.07) is 12.3. The molecule has 0 saturated carbocycles. The number of hydrogen-bond donors (Lipinski definition) is 0. The Hall–Kier alpha value is -2.59. The number of alkyl halides is 3. The zero-order valence-electron chi connectivity index (χ0n) is 12.4. The summed E-state index contributed by atoms with van der Waals surface area (Å²) < 4.78 is 71.8. The number of rotatable bonds is 0. The lowest BCUT2D eigenvalue weighted by Gasteiger charge is -2.08. The Kier molecular flexibility index (Phi) is 4.17. The van der Waals surface area contributed by atoms with Crippen molar-refractivity contribution < 1.29 is 40.0 Å². The highest BCUT2D eigenvalue weighted by molar-refractivity contribution is 7.86. The van der Waals surface area contributed by atoms with Gasteiger partial charge in [0, 0.05) is 18.2 Å². The molecule has 0 atom stereocenters. The molecule has 0 aliphatic carbocycles. The summed E-state index contributed by atoms with van der Waals surface area (Å²) in [5, 5.41) is 2.35. The van der Waals surface area contributed by atoms with Crippen molar-refractivity contribution >= 4 is 26.4 Å². The summed E-state index contributed by atoms with van der Waals surface area (Å²) in [7, 11) is -6.09. The first-order valence-corrected chi connectivity index (χ1v) is 8.22. The minimum absolute atomic E-state index is 0.316. The molecule has 0 N–H and O–H groups in total. The normalized spacial score (nSPS) is 13.6. The summed E-state index contributed by atoms with van der Waals surface area (Å²) in [6.45, 7) is 0.316. The van der Waals surface area contributed by atoms with Gasteiger partial charge in [0.1, 0.15) is 0 Å². The van der Waals surface area contributed by atoms with Crippen LogP contribution in [-0.2, 0) is 10.1 Å². The second kappa shape index (κ2) is 6.05. The highest BCUT2D eigenvalue weighted by Crippen LogP contribution is 2.36. The topological polar surface area (TPSA) is 79.8 Å². The van der Waals surface area contributed by atoms with E-state index in [0.29, 0.717) is 6.79 Å². The Labute approximate surface area is 139 Å². The van der Waals surface area contributed by atoms with E-state index in [-0.39, 0.29) is 0 Å². The van der Waals surface area contributed by atoms with Crippen LogP contribution in [0.25, 0.3) is 16.3 Å². The van der Waals surface area contributed by atoms with Gasteiger partial charge < -0.3 is 14.0 Å². The van der Waals surface area contributed by atoms with Crippen LogP contribution in [0.5, 0.6) is 11.5 Å². The van der Waals surface area contributed by atoms with Crippen LogP contribution in [0.4, 0.5) is 13.2 Å². The number of fused-ring (bicyclic) bond motifs is 4. The SMILES string of the molecule is O=S(=O)([O-])C(F)(F)F.c1cc[n+]2ccc3cc4c(cc3c2c1)OCO4. The third kappa shape index (κ3) is 3.44. The molecule has 3 aromatic rings. The predicted molar refractivity (Wildman–Crippen MR) is 79.0 cm³/mol. The summed E-state index contributed by atoms with van der Waals surface area (Å²) in [4.78, 5) is 0. The van der Waals surface area contributed by atoms with E-state index in [1.807, 2.05) is 30.5 Å². The van der Waals surface area contributed by atoms with Gasteiger partial charge in [-0.2, -0.15) is 17.6 Å². The molecule has 0 spiro atoms. The van der Waals surface area contributed by atoms with E-state index in [9.17, 15) is 13.2 Å². The molecule has 4 rings (SSSR count). The third-order valence-electron chi connectivity index (χ3n) is 3.41. The summed E-state index contributed by atoms with van der Waals surface area (Å²) in [5.74, 6) is 1.66. The molecule has 0 bridgehead atoms. The van der Waals surface area contributed by atoms with E-state index < -0.39 is 15.6 Å². The van der Waals surface area contributed by atoms with Gasteiger partial charge in [0.25, 0.3) is 0 Å². The number of ether oxygens (including phenoxy) is 2. The number of nitrogens with zero attached hydrogens (tertiary/aromatic N) is 1. The zero-order valence-corrected chi connectivity index (χ0v) is 13.2. The van der Waals surface area contributed by atoms with E-state index in [4.69, 9.17) is 22.4 Å². The average molecular weight is 373 g/mol. The molecule has 10 heteroatoms. The number of pyridine rings is 2. The molecule has 0 amide bonds. The molecule has 0 fully saturated rings. The van der Waals surface area contributed by atoms with Crippen LogP contribution in [0.2, 0.25) is 0 Å². The molecule has 0 unspecified atom stereocenters. The minimum Gasteiger partial charge on any atom is -0.741 e. The van der Waals surface area contributed by atoms with Gasteiger partial charge >= 0.3 is 5.51 Å². The van der Waals surface area contributed by atoms with Crippen molar-refractivity contribution in [1.82, 2.24) is 0 Å². The minimum atomic E-state index is -6.09. The first-order chi connectivity index (χ1) is 11.7. The molecule has 0 radical (unpaired) electrons. The quantitative estimate of drug-likeness (QED) is 0.262. The first-order valence-electron chi connectivity index (χ1n) is 6.81. The third-order valence-corrected chi connectivity index (χ3v) is 3.98. The number of halogens is 3. The maximum atomic E-state index is 10.7. The van der Waals surface area contributed by atoms with Crippen LogP contribution >= 0.6 is 0 Å². The molecule has 1 aliphatic rings. The van der Waals surface area contributed by atoms with Gasteiger partial charge in [-0.25, -0.2) is 8.42 Å².